The first kappa shape index (κ1) is 12.9. The van der Waals surface area contributed by atoms with E-state index < -0.39 is 0 Å². The zero-order valence-corrected chi connectivity index (χ0v) is 11.8. The Morgan fingerprint density at radius 3 is 2.76 bits per heavy atom. The van der Waals surface area contributed by atoms with E-state index in [9.17, 15) is 0 Å². The lowest BCUT2D eigenvalue weighted by atomic mass is 10.2. The molecule has 0 bridgehead atoms. The number of nitrogens with two attached hydrogens (primary N) is 1. The quantitative estimate of drug-likeness (QED) is 0.381. The predicted molar refractivity (Wildman–Crippen MR) is 75.3 cm³/mol. The molecule has 0 radical (unpaired) electrons. The Labute approximate surface area is 115 Å². The Balaban J connectivity index is 2.30. The van der Waals surface area contributed by atoms with E-state index in [0.29, 0.717) is 16.9 Å². The molecular weight excluding hydrogens is 302 g/mol. The fourth-order valence-corrected chi connectivity index (χ4v) is 2.69. The molecule has 0 unspecified atom stereocenters. The van der Waals surface area contributed by atoms with Gasteiger partial charge in [0.25, 0.3) is 0 Å². The topological polar surface area (TPSA) is 50.4 Å². The summed E-state index contributed by atoms with van der Waals surface area (Å²) in [5, 5.41) is 0.678. The van der Waals surface area contributed by atoms with Crippen LogP contribution >= 0.6 is 27.5 Å². The minimum atomic E-state index is 0.381. The Hall–Kier alpha value is -0.580. The van der Waals surface area contributed by atoms with Gasteiger partial charge in [-0.15, -0.1) is 0 Å². The number of nitrogens with one attached hydrogen (secondary N) is 1. The van der Waals surface area contributed by atoms with Gasteiger partial charge in [0.15, 0.2) is 0 Å². The number of halogens is 2. The van der Waals surface area contributed by atoms with E-state index in [4.69, 9.17) is 17.4 Å². The maximum atomic E-state index is 5.99. The molecule has 2 rings (SSSR count). The van der Waals surface area contributed by atoms with Crippen LogP contribution < -0.4 is 11.3 Å². The number of benzene rings is 1. The van der Waals surface area contributed by atoms with Gasteiger partial charge in [0.05, 0.1) is 6.04 Å². The zero-order valence-electron chi connectivity index (χ0n) is 9.42. The van der Waals surface area contributed by atoms with Crippen molar-refractivity contribution in [1.82, 2.24) is 5.43 Å². The number of rotatable bonds is 2. The van der Waals surface area contributed by atoms with E-state index >= 15 is 0 Å². The van der Waals surface area contributed by atoms with Crippen molar-refractivity contribution in [2.45, 2.75) is 31.7 Å². The highest BCUT2D eigenvalue weighted by molar-refractivity contribution is 9.10. The number of nitrogens with zero attached hydrogens (tertiary/aromatic N) is 1. The van der Waals surface area contributed by atoms with Crippen LogP contribution in [0.4, 0.5) is 0 Å². The number of aliphatic imine (C=N–C) groups is 1. The molecule has 92 valence electrons. The second-order valence-electron chi connectivity index (χ2n) is 4.18. The first-order chi connectivity index (χ1) is 8.20. The molecule has 3 nitrogen and oxygen atoms in total. The molecule has 0 aromatic heterocycles. The lowest BCUT2D eigenvalue weighted by molar-refractivity contribution is 0.700. The molecule has 1 aromatic rings. The summed E-state index contributed by atoms with van der Waals surface area (Å²) < 4.78 is 0.941. The van der Waals surface area contributed by atoms with Crippen molar-refractivity contribution in [3.63, 3.8) is 0 Å². The van der Waals surface area contributed by atoms with E-state index in [2.05, 4.69) is 26.3 Å². The Kier molecular flexibility index (Phi) is 4.42. The van der Waals surface area contributed by atoms with Gasteiger partial charge in [-0.1, -0.05) is 40.4 Å². The Bertz CT molecular complexity index is 428. The standard InChI is InChI=1S/C12H15BrClN3/c13-11-6-5-8(14)7-10(11)12(17-15)16-9-3-1-2-4-9/h5-7,9H,1-4,15H2,(H,16,17). The predicted octanol–water partition coefficient (Wildman–Crippen LogP) is 3.26. The van der Waals surface area contributed by atoms with Gasteiger partial charge in [0, 0.05) is 15.1 Å². The van der Waals surface area contributed by atoms with Gasteiger partial charge in [-0.05, 0) is 31.0 Å². The molecule has 5 heteroatoms. The summed E-state index contributed by atoms with van der Waals surface area (Å²) in [4.78, 5) is 4.66. The average molecular weight is 317 g/mol. The smallest absolute Gasteiger partial charge is 0.143 e. The van der Waals surface area contributed by atoms with Gasteiger partial charge in [0.1, 0.15) is 5.84 Å². The first-order valence-electron chi connectivity index (χ1n) is 5.70. The zero-order chi connectivity index (χ0) is 12.3. The van der Waals surface area contributed by atoms with Gasteiger partial charge >= 0.3 is 0 Å². The van der Waals surface area contributed by atoms with Crippen molar-refractivity contribution in [3.8, 4) is 0 Å². The van der Waals surface area contributed by atoms with Crippen molar-refractivity contribution in [2.75, 3.05) is 0 Å². The van der Waals surface area contributed by atoms with Crippen molar-refractivity contribution >= 4 is 33.4 Å². The summed E-state index contributed by atoms with van der Waals surface area (Å²) in [7, 11) is 0. The van der Waals surface area contributed by atoms with Crippen LogP contribution in [0.5, 0.6) is 0 Å². The largest absolute Gasteiger partial charge is 0.308 e. The van der Waals surface area contributed by atoms with Gasteiger partial charge in [-0.3, -0.25) is 4.99 Å². The molecule has 3 N–H and O–H groups in total. The Morgan fingerprint density at radius 1 is 1.41 bits per heavy atom. The molecule has 0 aliphatic heterocycles. The van der Waals surface area contributed by atoms with Crippen LogP contribution in [0.2, 0.25) is 5.02 Å². The highest BCUT2D eigenvalue weighted by Crippen LogP contribution is 2.24. The van der Waals surface area contributed by atoms with Crippen LogP contribution in [-0.4, -0.2) is 11.9 Å². The molecule has 1 aromatic carbocycles. The third kappa shape index (κ3) is 3.21. The van der Waals surface area contributed by atoms with E-state index in [-0.39, 0.29) is 0 Å². The number of hydrazine groups is 1. The van der Waals surface area contributed by atoms with E-state index in [0.717, 1.165) is 22.9 Å². The van der Waals surface area contributed by atoms with Gasteiger partial charge < -0.3 is 5.43 Å². The van der Waals surface area contributed by atoms with Crippen LogP contribution in [0.15, 0.2) is 27.7 Å². The second kappa shape index (κ2) is 5.85. The van der Waals surface area contributed by atoms with Crippen LogP contribution in [0, 0.1) is 0 Å². The van der Waals surface area contributed by atoms with Gasteiger partial charge in [-0.25, -0.2) is 5.84 Å². The summed E-state index contributed by atoms with van der Waals surface area (Å²) in [6.07, 6.45) is 4.79. The molecule has 1 fully saturated rings. The Morgan fingerprint density at radius 2 is 2.12 bits per heavy atom. The maximum absolute atomic E-state index is 5.99. The number of amidine groups is 1. The third-order valence-corrected chi connectivity index (χ3v) is 3.88. The molecule has 0 spiro atoms. The summed E-state index contributed by atoms with van der Waals surface area (Å²) in [5.74, 6) is 6.26. The summed E-state index contributed by atoms with van der Waals surface area (Å²) in [6.45, 7) is 0. The van der Waals surface area contributed by atoms with E-state index in [1.807, 2.05) is 18.2 Å². The molecule has 0 amide bonds. The maximum Gasteiger partial charge on any atom is 0.143 e. The molecule has 17 heavy (non-hydrogen) atoms. The lowest BCUT2D eigenvalue weighted by Crippen LogP contribution is -2.32. The van der Waals surface area contributed by atoms with Crippen molar-refractivity contribution in [3.05, 3.63) is 33.3 Å². The molecule has 1 aliphatic carbocycles. The minimum absolute atomic E-state index is 0.381. The van der Waals surface area contributed by atoms with Crippen LogP contribution in [0.25, 0.3) is 0 Å². The number of hydrogen-bond donors (Lipinski definition) is 2. The minimum Gasteiger partial charge on any atom is -0.308 e. The molecule has 0 saturated heterocycles. The normalized spacial score (nSPS) is 17.5. The van der Waals surface area contributed by atoms with E-state index in [1.54, 1.807) is 0 Å². The van der Waals surface area contributed by atoms with Crippen molar-refractivity contribution in [2.24, 2.45) is 10.8 Å². The average Bonchev–Trinajstić information content (AvgIpc) is 2.82. The molecule has 1 aliphatic rings. The highest BCUT2D eigenvalue weighted by atomic mass is 79.9. The third-order valence-electron chi connectivity index (χ3n) is 2.96. The van der Waals surface area contributed by atoms with Crippen LogP contribution in [0.1, 0.15) is 31.2 Å². The van der Waals surface area contributed by atoms with Gasteiger partial charge in [0.2, 0.25) is 0 Å². The molecular formula is C12H15BrClN3. The summed E-state index contributed by atoms with van der Waals surface area (Å²) in [6, 6.07) is 5.98. The molecule has 1 saturated carbocycles. The van der Waals surface area contributed by atoms with Crippen molar-refractivity contribution < 1.29 is 0 Å². The lowest BCUT2D eigenvalue weighted by Gasteiger charge is -2.11. The van der Waals surface area contributed by atoms with Crippen LogP contribution in [0.3, 0.4) is 0 Å². The summed E-state index contributed by atoms with van der Waals surface area (Å²) >= 11 is 9.48. The summed E-state index contributed by atoms with van der Waals surface area (Å²) in [5.41, 5.74) is 3.58. The second-order valence-corrected chi connectivity index (χ2v) is 5.48. The monoisotopic (exact) mass is 315 g/mol. The molecule has 0 heterocycles. The fourth-order valence-electron chi connectivity index (χ4n) is 2.08. The SMILES string of the molecule is NNC(=NC1CCCC1)c1cc(Cl)ccc1Br. The van der Waals surface area contributed by atoms with Crippen molar-refractivity contribution in [1.29, 1.82) is 0 Å². The molecule has 0 atom stereocenters. The first-order valence-corrected chi connectivity index (χ1v) is 6.87. The van der Waals surface area contributed by atoms with E-state index in [1.165, 1.54) is 12.8 Å². The fraction of sp³-hybridized carbons (Fsp3) is 0.417. The highest BCUT2D eigenvalue weighted by Gasteiger charge is 2.16. The van der Waals surface area contributed by atoms with Crippen LogP contribution in [-0.2, 0) is 0 Å². The van der Waals surface area contributed by atoms with Gasteiger partial charge in [-0.2, -0.15) is 0 Å². The number of hydrogen-bond acceptors (Lipinski definition) is 2.